The number of rotatable bonds is 4. The number of fused-ring (bicyclic) bond motifs is 2. The summed E-state index contributed by atoms with van der Waals surface area (Å²) >= 11 is 1.67. The molecule has 6 nitrogen and oxygen atoms in total. The number of aryl methyl sites for hydroxylation is 1. The van der Waals surface area contributed by atoms with Crippen molar-refractivity contribution in [3.05, 3.63) is 72.6 Å². The van der Waals surface area contributed by atoms with Crippen molar-refractivity contribution in [1.29, 1.82) is 0 Å². The molecule has 0 saturated carbocycles. The number of H-pyrrole nitrogens is 1. The van der Waals surface area contributed by atoms with Crippen molar-refractivity contribution in [2.45, 2.75) is 24.1 Å². The number of hydrogen-bond donors (Lipinski definition) is 1. The number of hydrogen-bond acceptors (Lipinski definition) is 6. The van der Waals surface area contributed by atoms with Crippen LogP contribution in [0.3, 0.4) is 0 Å². The number of aromatic amines is 1. The molecule has 0 amide bonds. The molecule has 142 valence electrons. The molecule has 0 aliphatic rings. The molecule has 0 radical (unpaired) electrons. The van der Waals surface area contributed by atoms with E-state index in [9.17, 15) is 0 Å². The van der Waals surface area contributed by atoms with Gasteiger partial charge in [0.2, 0.25) is 0 Å². The number of imidazole rings is 1. The van der Waals surface area contributed by atoms with Crippen molar-refractivity contribution in [2.24, 2.45) is 0 Å². The zero-order valence-electron chi connectivity index (χ0n) is 16.0. The van der Waals surface area contributed by atoms with Crippen molar-refractivity contribution in [2.75, 3.05) is 0 Å². The maximum absolute atomic E-state index is 5.05. The zero-order chi connectivity index (χ0) is 19.8. The minimum Gasteiger partial charge on any atom is -0.341 e. The molecule has 4 heterocycles. The van der Waals surface area contributed by atoms with Crippen LogP contribution in [0.5, 0.6) is 0 Å². The summed E-state index contributed by atoms with van der Waals surface area (Å²) in [5.41, 5.74) is 6.82. The second-order valence-electron chi connectivity index (χ2n) is 6.85. The van der Waals surface area contributed by atoms with E-state index in [4.69, 9.17) is 4.98 Å². The summed E-state index contributed by atoms with van der Waals surface area (Å²) in [6, 6.07) is 12.5. The molecule has 0 fully saturated rings. The average molecular weight is 398 g/mol. The monoisotopic (exact) mass is 398 g/mol. The van der Waals surface area contributed by atoms with E-state index in [1.165, 1.54) is 0 Å². The molecule has 0 aliphatic carbocycles. The van der Waals surface area contributed by atoms with Crippen molar-refractivity contribution < 1.29 is 0 Å². The lowest BCUT2D eigenvalue weighted by atomic mass is 10.0. The molecule has 1 aromatic carbocycles. The van der Waals surface area contributed by atoms with Crippen molar-refractivity contribution in [3.63, 3.8) is 0 Å². The van der Waals surface area contributed by atoms with Crippen LogP contribution in [0, 0.1) is 6.92 Å². The Morgan fingerprint density at radius 3 is 2.86 bits per heavy atom. The SMILES string of the molecule is Cc1cccc2cc(C(C)Sc3ncnc4nc[nH]c34)c(-c3cccnc3)nc12. The third kappa shape index (κ3) is 3.23. The summed E-state index contributed by atoms with van der Waals surface area (Å²) in [5.74, 6) is 0. The van der Waals surface area contributed by atoms with E-state index in [2.05, 4.69) is 69.1 Å². The van der Waals surface area contributed by atoms with Crippen LogP contribution in [0.1, 0.15) is 23.3 Å². The fourth-order valence-corrected chi connectivity index (χ4v) is 4.49. The standard InChI is InChI=1S/C22H18N6S/c1-13-5-3-6-15-9-17(19(28-18(13)15)16-7-4-8-23-10-16)14(2)29-22-20-21(25-11-24-20)26-12-27-22/h3-12,14H,1-2H3,(H,24,25,26,27). The van der Waals surface area contributed by atoms with Gasteiger partial charge in [0, 0.05) is 28.6 Å². The van der Waals surface area contributed by atoms with E-state index in [0.29, 0.717) is 5.65 Å². The summed E-state index contributed by atoms with van der Waals surface area (Å²) in [7, 11) is 0. The van der Waals surface area contributed by atoms with Gasteiger partial charge >= 0.3 is 0 Å². The number of nitrogens with one attached hydrogen (secondary N) is 1. The number of pyridine rings is 2. The summed E-state index contributed by atoms with van der Waals surface area (Å²) < 4.78 is 0. The van der Waals surface area contributed by atoms with Crippen molar-refractivity contribution >= 4 is 33.8 Å². The first-order valence-electron chi connectivity index (χ1n) is 9.32. The highest BCUT2D eigenvalue weighted by Gasteiger charge is 2.19. The van der Waals surface area contributed by atoms with Gasteiger partial charge in [0.1, 0.15) is 16.9 Å². The molecule has 1 atom stereocenters. The Kier molecular flexibility index (Phi) is 4.44. The topological polar surface area (TPSA) is 80.2 Å². The highest BCUT2D eigenvalue weighted by atomic mass is 32.2. The predicted octanol–water partition coefficient (Wildman–Crippen LogP) is 5.12. The highest BCUT2D eigenvalue weighted by molar-refractivity contribution is 7.99. The van der Waals surface area contributed by atoms with Gasteiger partial charge in [0.15, 0.2) is 5.65 Å². The van der Waals surface area contributed by atoms with Crippen LogP contribution in [0.2, 0.25) is 0 Å². The molecule has 0 bridgehead atoms. The van der Waals surface area contributed by atoms with Crippen molar-refractivity contribution in [1.82, 2.24) is 29.9 Å². The maximum Gasteiger partial charge on any atom is 0.181 e. The van der Waals surface area contributed by atoms with E-state index >= 15 is 0 Å². The van der Waals surface area contributed by atoms with Crippen LogP contribution in [0.15, 0.2) is 66.5 Å². The van der Waals surface area contributed by atoms with Crippen molar-refractivity contribution in [3.8, 4) is 11.3 Å². The predicted molar refractivity (Wildman–Crippen MR) is 116 cm³/mol. The van der Waals surface area contributed by atoms with Gasteiger partial charge in [-0.25, -0.2) is 19.9 Å². The summed E-state index contributed by atoms with van der Waals surface area (Å²) in [6.45, 7) is 4.27. The number of nitrogens with zero attached hydrogens (tertiary/aromatic N) is 5. The van der Waals surface area contributed by atoms with Gasteiger partial charge in [0.25, 0.3) is 0 Å². The lowest BCUT2D eigenvalue weighted by Gasteiger charge is -2.17. The molecule has 7 heteroatoms. The van der Waals surface area contributed by atoms with Gasteiger partial charge in [-0.1, -0.05) is 30.0 Å². The average Bonchev–Trinajstić information content (AvgIpc) is 3.24. The van der Waals surface area contributed by atoms with Crippen LogP contribution in [0.25, 0.3) is 33.3 Å². The maximum atomic E-state index is 5.05. The molecule has 0 aliphatic heterocycles. The van der Waals surface area contributed by atoms with Gasteiger partial charge in [-0.15, -0.1) is 0 Å². The molecule has 5 aromatic rings. The zero-order valence-corrected chi connectivity index (χ0v) is 16.8. The van der Waals surface area contributed by atoms with Crippen LogP contribution < -0.4 is 0 Å². The second kappa shape index (κ2) is 7.25. The Hall–Kier alpha value is -3.32. The molecule has 29 heavy (non-hydrogen) atoms. The number of thioether (sulfide) groups is 1. The quantitative estimate of drug-likeness (QED) is 0.334. The van der Waals surface area contributed by atoms with Crippen LogP contribution in [-0.2, 0) is 0 Å². The Balaban J connectivity index is 1.65. The largest absolute Gasteiger partial charge is 0.341 e. The fraction of sp³-hybridized carbons (Fsp3) is 0.136. The molecule has 4 aromatic heterocycles. The first-order valence-corrected chi connectivity index (χ1v) is 10.2. The van der Waals surface area contributed by atoms with Gasteiger partial charge in [-0.05, 0) is 43.2 Å². The molecular weight excluding hydrogens is 380 g/mol. The molecule has 0 saturated heterocycles. The molecule has 5 rings (SSSR count). The minimum atomic E-state index is 0.115. The minimum absolute atomic E-state index is 0.115. The second-order valence-corrected chi connectivity index (χ2v) is 8.18. The molecule has 1 unspecified atom stereocenters. The first-order chi connectivity index (χ1) is 14.2. The molecular formula is C22H18N6S. The van der Waals surface area contributed by atoms with E-state index in [0.717, 1.165) is 43.8 Å². The Bertz CT molecular complexity index is 1320. The lowest BCUT2D eigenvalue weighted by Crippen LogP contribution is -1.99. The van der Waals surface area contributed by atoms with Crippen LogP contribution >= 0.6 is 11.8 Å². The lowest BCUT2D eigenvalue weighted by molar-refractivity contribution is 1.04. The van der Waals surface area contributed by atoms with Crippen LogP contribution in [-0.4, -0.2) is 29.9 Å². The van der Waals surface area contributed by atoms with E-state index < -0.39 is 0 Å². The summed E-state index contributed by atoms with van der Waals surface area (Å²) in [5, 5.41) is 2.12. The number of para-hydroxylation sites is 1. The van der Waals surface area contributed by atoms with Gasteiger partial charge in [-0.2, -0.15) is 0 Å². The van der Waals surface area contributed by atoms with Gasteiger partial charge in [-0.3, -0.25) is 4.98 Å². The third-order valence-corrected chi connectivity index (χ3v) is 6.07. The number of aromatic nitrogens is 6. The Labute approximate surface area is 171 Å². The summed E-state index contributed by atoms with van der Waals surface area (Å²) in [4.78, 5) is 25.4. The fourth-order valence-electron chi connectivity index (χ4n) is 3.47. The van der Waals surface area contributed by atoms with Gasteiger partial charge < -0.3 is 4.98 Å². The first kappa shape index (κ1) is 17.8. The molecule has 0 spiro atoms. The van der Waals surface area contributed by atoms with E-state index in [1.54, 1.807) is 30.6 Å². The van der Waals surface area contributed by atoms with Crippen LogP contribution in [0.4, 0.5) is 0 Å². The number of benzene rings is 1. The van der Waals surface area contributed by atoms with Gasteiger partial charge in [0.05, 0.1) is 17.5 Å². The Morgan fingerprint density at radius 2 is 2.00 bits per heavy atom. The Morgan fingerprint density at radius 1 is 1.07 bits per heavy atom. The molecule has 1 N–H and O–H groups in total. The summed E-state index contributed by atoms with van der Waals surface area (Å²) in [6.07, 6.45) is 6.85. The smallest absolute Gasteiger partial charge is 0.181 e. The van der Waals surface area contributed by atoms with E-state index in [1.807, 2.05) is 12.3 Å². The normalized spacial score (nSPS) is 12.5. The highest BCUT2D eigenvalue weighted by Crippen LogP contribution is 2.40. The third-order valence-electron chi connectivity index (χ3n) is 4.93. The van der Waals surface area contributed by atoms with E-state index in [-0.39, 0.29) is 5.25 Å².